The third-order valence-electron chi connectivity index (χ3n) is 3.39. The average molecular weight is 301 g/mol. The van der Waals surface area contributed by atoms with E-state index < -0.39 is 17.8 Å². The molecule has 1 aliphatic heterocycles. The van der Waals surface area contributed by atoms with E-state index in [1.165, 1.54) is 5.56 Å². The van der Waals surface area contributed by atoms with Gasteiger partial charge in [0.2, 0.25) is 0 Å². The Labute approximate surface area is 129 Å². The number of hydrogen-bond donors (Lipinski definition) is 1. The number of amides is 2. The van der Waals surface area contributed by atoms with Crippen LogP contribution in [0.5, 0.6) is 0 Å². The topological polar surface area (TPSA) is 72.5 Å². The van der Waals surface area contributed by atoms with E-state index in [0.29, 0.717) is 0 Å². The van der Waals surface area contributed by atoms with Gasteiger partial charge >= 0.3 is 5.97 Å². The molecule has 1 aromatic rings. The van der Waals surface area contributed by atoms with E-state index in [0.717, 1.165) is 11.6 Å². The van der Waals surface area contributed by atoms with Gasteiger partial charge in [-0.1, -0.05) is 45.0 Å². The smallest absolute Gasteiger partial charge is 0.310 e. The van der Waals surface area contributed by atoms with Crippen molar-refractivity contribution in [2.75, 3.05) is 0 Å². The largest absolute Gasteiger partial charge is 0.461 e. The molecule has 1 aromatic carbocycles. The lowest BCUT2D eigenvalue weighted by molar-refractivity contribution is -0.144. The molecule has 0 saturated heterocycles. The molecular weight excluding hydrogens is 282 g/mol. The number of carbonyl (C=O) groups excluding carboxylic acids is 3. The van der Waals surface area contributed by atoms with Crippen molar-refractivity contribution in [3.8, 4) is 0 Å². The van der Waals surface area contributed by atoms with Crippen LogP contribution in [0.4, 0.5) is 0 Å². The minimum Gasteiger partial charge on any atom is -0.461 e. The van der Waals surface area contributed by atoms with Gasteiger partial charge in [0.15, 0.2) is 0 Å². The van der Waals surface area contributed by atoms with Crippen LogP contribution in [0.2, 0.25) is 0 Å². The molecule has 0 atom stereocenters. The van der Waals surface area contributed by atoms with Gasteiger partial charge < -0.3 is 4.74 Å². The predicted molar refractivity (Wildman–Crippen MR) is 80.8 cm³/mol. The number of esters is 1. The lowest BCUT2D eigenvalue weighted by atomic mass is 9.87. The van der Waals surface area contributed by atoms with Gasteiger partial charge in [-0.25, -0.2) is 0 Å². The van der Waals surface area contributed by atoms with Gasteiger partial charge in [-0.15, -0.1) is 0 Å². The second-order valence-electron chi connectivity index (χ2n) is 6.27. The molecule has 0 spiro atoms. The highest BCUT2D eigenvalue weighted by molar-refractivity contribution is 6.17. The van der Waals surface area contributed by atoms with Crippen LogP contribution in [0.1, 0.15) is 38.3 Å². The van der Waals surface area contributed by atoms with Gasteiger partial charge in [0.25, 0.3) is 11.8 Å². The first-order valence-corrected chi connectivity index (χ1v) is 7.06. The minimum absolute atomic E-state index is 0.0735. The molecule has 1 aliphatic rings. The lowest BCUT2D eigenvalue weighted by Crippen LogP contribution is -2.23. The zero-order chi connectivity index (χ0) is 16.3. The normalized spacial score (nSPS) is 14.6. The highest BCUT2D eigenvalue weighted by Gasteiger charge is 2.23. The second-order valence-corrected chi connectivity index (χ2v) is 6.27. The summed E-state index contributed by atoms with van der Waals surface area (Å²) in [7, 11) is 0. The SMILES string of the molecule is CC(C)(C)c1ccc(COC(=O)CC2=CC(=O)NC2=O)cc1. The summed E-state index contributed by atoms with van der Waals surface area (Å²) in [4.78, 5) is 34.0. The fourth-order valence-electron chi connectivity index (χ4n) is 2.05. The molecule has 0 fully saturated rings. The maximum Gasteiger partial charge on any atom is 0.310 e. The maximum absolute atomic E-state index is 11.7. The van der Waals surface area contributed by atoms with Gasteiger partial charge in [-0.2, -0.15) is 0 Å². The standard InChI is InChI=1S/C17H19NO4/c1-17(2,3)13-6-4-11(5-7-13)10-22-15(20)9-12-8-14(19)18-16(12)21/h4-8H,9-10H2,1-3H3,(H,18,19,21). The van der Waals surface area contributed by atoms with E-state index in [1.807, 2.05) is 24.3 Å². The first-order valence-electron chi connectivity index (χ1n) is 7.06. The van der Waals surface area contributed by atoms with Crippen LogP contribution < -0.4 is 5.32 Å². The van der Waals surface area contributed by atoms with Crippen LogP contribution in [-0.2, 0) is 31.1 Å². The summed E-state index contributed by atoms with van der Waals surface area (Å²) >= 11 is 0. The first-order chi connectivity index (χ1) is 10.3. The number of hydrogen-bond acceptors (Lipinski definition) is 4. The third-order valence-corrected chi connectivity index (χ3v) is 3.39. The molecule has 0 aromatic heterocycles. The van der Waals surface area contributed by atoms with Crippen LogP contribution in [0, 0.1) is 0 Å². The zero-order valence-electron chi connectivity index (χ0n) is 12.9. The summed E-state index contributed by atoms with van der Waals surface area (Å²) in [6.45, 7) is 6.53. The zero-order valence-corrected chi connectivity index (χ0v) is 12.9. The average Bonchev–Trinajstić information content (AvgIpc) is 2.74. The lowest BCUT2D eigenvalue weighted by Gasteiger charge is -2.19. The van der Waals surface area contributed by atoms with Crippen LogP contribution in [-0.4, -0.2) is 17.8 Å². The van der Waals surface area contributed by atoms with Crippen molar-refractivity contribution < 1.29 is 19.1 Å². The third kappa shape index (κ3) is 4.04. The number of ether oxygens (including phenoxy) is 1. The van der Waals surface area contributed by atoms with Gasteiger partial charge in [-0.3, -0.25) is 19.7 Å². The molecule has 1 N–H and O–H groups in total. The minimum atomic E-state index is -0.531. The van der Waals surface area contributed by atoms with Crippen molar-refractivity contribution in [1.29, 1.82) is 0 Å². The molecule has 5 nitrogen and oxygen atoms in total. The van der Waals surface area contributed by atoms with Crippen LogP contribution in [0.3, 0.4) is 0 Å². The Hall–Kier alpha value is -2.43. The Morgan fingerprint density at radius 2 is 1.77 bits per heavy atom. The number of rotatable bonds is 4. The molecule has 0 saturated carbocycles. The molecule has 2 rings (SSSR count). The monoisotopic (exact) mass is 301 g/mol. The summed E-state index contributed by atoms with van der Waals surface area (Å²) in [6, 6.07) is 7.85. The first kappa shape index (κ1) is 15.9. The summed E-state index contributed by atoms with van der Waals surface area (Å²) in [5.41, 5.74) is 2.29. The van der Waals surface area contributed by atoms with Crippen LogP contribution >= 0.6 is 0 Å². The number of benzene rings is 1. The van der Waals surface area contributed by atoms with E-state index in [2.05, 4.69) is 26.1 Å². The summed E-state index contributed by atoms with van der Waals surface area (Å²) in [6.07, 6.45) is 0.930. The molecule has 1 heterocycles. The number of carbonyl (C=O) groups is 3. The van der Waals surface area contributed by atoms with Crippen molar-refractivity contribution >= 4 is 17.8 Å². The van der Waals surface area contributed by atoms with Crippen molar-refractivity contribution in [3.05, 3.63) is 47.0 Å². The Balaban J connectivity index is 1.88. The Morgan fingerprint density at radius 1 is 1.14 bits per heavy atom. The van der Waals surface area contributed by atoms with Gasteiger partial charge in [-0.05, 0) is 16.5 Å². The number of imide groups is 1. The molecule has 0 aliphatic carbocycles. The van der Waals surface area contributed by atoms with Crippen molar-refractivity contribution in [3.63, 3.8) is 0 Å². The second kappa shape index (κ2) is 6.13. The molecule has 0 bridgehead atoms. The number of nitrogens with one attached hydrogen (secondary N) is 1. The molecule has 5 heteroatoms. The van der Waals surface area contributed by atoms with Gasteiger partial charge in [0, 0.05) is 11.6 Å². The Morgan fingerprint density at radius 3 is 2.27 bits per heavy atom. The van der Waals surface area contributed by atoms with Gasteiger partial charge in [0.05, 0.1) is 6.42 Å². The molecule has 2 amide bonds. The predicted octanol–water partition coefficient (Wildman–Crippen LogP) is 2.00. The van der Waals surface area contributed by atoms with Crippen molar-refractivity contribution in [2.45, 2.75) is 39.2 Å². The van der Waals surface area contributed by atoms with E-state index in [9.17, 15) is 14.4 Å². The van der Waals surface area contributed by atoms with E-state index >= 15 is 0 Å². The highest BCUT2D eigenvalue weighted by atomic mass is 16.5. The summed E-state index contributed by atoms with van der Waals surface area (Å²) < 4.78 is 5.13. The summed E-state index contributed by atoms with van der Waals surface area (Å²) in [5, 5.41) is 2.09. The van der Waals surface area contributed by atoms with Crippen LogP contribution in [0.15, 0.2) is 35.9 Å². The fraction of sp³-hybridized carbons (Fsp3) is 0.353. The fourth-order valence-corrected chi connectivity index (χ4v) is 2.05. The van der Waals surface area contributed by atoms with Crippen molar-refractivity contribution in [2.24, 2.45) is 0 Å². The highest BCUT2D eigenvalue weighted by Crippen LogP contribution is 2.22. The van der Waals surface area contributed by atoms with Crippen molar-refractivity contribution in [1.82, 2.24) is 5.32 Å². The maximum atomic E-state index is 11.7. The van der Waals surface area contributed by atoms with Gasteiger partial charge in [0.1, 0.15) is 6.61 Å². The quantitative estimate of drug-likeness (QED) is 0.682. The molecule has 0 radical (unpaired) electrons. The Bertz CT molecular complexity index is 636. The van der Waals surface area contributed by atoms with E-state index in [4.69, 9.17) is 4.74 Å². The molecule has 116 valence electrons. The van der Waals surface area contributed by atoms with E-state index in [-0.39, 0.29) is 24.0 Å². The Kier molecular flexibility index (Phi) is 4.45. The van der Waals surface area contributed by atoms with Crippen LogP contribution in [0.25, 0.3) is 0 Å². The molecule has 22 heavy (non-hydrogen) atoms. The molecular formula is C17H19NO4. The molecule has 0 unspecified atom stereocenters. The van der Waals surface area contributed by atoms with E-state index in [1.54, 1.807) is 0 Å². The summed E-state index contributed by atoms with van der Waals surface area (Å²) in [5.74, 6) is -1.56.